The van der Waals surface area contributed by atoms with Crippen LogP contribution in [0.2, 0.25) is 0 Å². The number of methoxy groups -OCH3 is 1. The number of carbonyl (C=O) groups excluding carboxylic acids is 3. The number of benzene rings is 1. The molecule has 0 saturated heterocycles. The number of fused-ring (bicyclic) bond motifs is 1. The SMILES string of the molecule is COC(=O)C(CCS(C)=O)N1C(=O)c2ccccc2C1=O. The molecule has 0 spiro atoms. The Balaban J connectivity index is 2.33. The van der Waals surface area contributed by atoms with Crippen molar-refractivity contribution in [2.75, 3.05) is 19.1 Å². The van der Waals surface area contributed by atoms with E-state index in [9.17, 15) is 18.6 Å². The van der Waals surface area contributed by atoms with Gasteiger partial charge in [0.15, 0.2) is 0 Å². The third-order valence-corrected chi connectivity index (χ3v) is 4.10. The average molecular weight is 309 g/mol. The molecule has 0 aliphatic carbocycles. The molecule has 0 bridgehead atoms. The molecule has 6 nitrogen and oxygen atoms in total. The molecule has 7 heteroatoms. The van der Waals surface area contributed by atoms with Crippen molar-refractivity contribution < 1.29 is 23.3 Å². The fourth-order valence-electron chi connectivity index (χ4n) is 2.26. The van der Waals surface area contributed by atoms with Gasteiger partial charge in [0.05, 0.1) is 18.2 Å². The number of ether oxygens (including phenoxy) is 1. The molecule has 2 unspecified atom stereocenters. The number of hydrogen-bond donors (Lipinski definition) is 0. The second-order valence-corrected chi connectivity index (χ2v) is 6.19. The maximum atomic E-state index is 12.3. The lowest BCUT2D eigenvalue weighted by atomic mass is 10.1. The van der Waals surface area contributed by atoms with E-state index in [0.29, 0.717) is 0 Å². The highest BCUT2D eigenvalue weighted by Gasteiger charge is 2.42. The van der Waals surface area contributed by atoms with Gasteiger partial charge in [-0.3, -0.25) is 18.7 Å². The highest BCUT2D eigenvalue weighted by Crippen LogP contribution is 2.26. The van der Waals surface area contributed by atoms with Crippen LogP contribution >= 0.6 is 0 Å². The molecule has 112 valence electrons. The number of esters is 1. The molecule has 2 amide bonds. The van der Waals surface area contributed by atoms with Crippen LogP contribution in [0.3, 0.4) is 0 Å². The van der Waals surface area contributed by atoms with Crippen molar-refractivity contribution in [3.63, 3.8) is 0 Å². The summed E-state index contributed by atoms with van der Waals surface area (Å²) in [5.41, 5.74) is 0.544. The van der Waals surface area contributed by atoms with Gasteiger partial charge in [0.1, 0.15) is 6.04 Å². The summed E-state index contributed by atoms with van der Waals surface area (Å²) in [6, 6.07) is 5.35. The van der Waals surface area contributed by atoms with E-state index in [-0.39, 0.29) is 23.3 Å². The van der Waals surface area contributed by atoms with E-state index in [1.54, 1.807) is 24.3 Å². The highest BCUT2D eigenvalue weighted by atomic mass is 32.2. The van der Waals surface area contributed by atoms with Gasteiger partial charge in [-0.2, -0.15) is 0 Å². The minimum atomic E-state index is -1.13. The first-order valence-corrected chi connectivity index (χ1v) is 8.05. The summed E-state index contributed by atoms with van der Waals surface area (Å²) in [6.07, 6.45) is 1.61. The average Bonchev–Trinajstić information content (AvgIpc) is 2.72. The van der Waals surface area contributed by atoms with Gasteiger partial charge < -0.3 is 4.74 Å². The zero-order valence-electron chi connectivity index (χ0n) is 11.7. The molecule has 0 radical (unpaired) electrons. The van der Waals surface area contributed by atoms with Crippen molar-refractivity contribution in [3.05, 3.63) is 35.4 Å². The van der Waals surface area contributed by atoms with Gasteiger partial charge in [-0.05, 0) is 18.6 Å². The number of carbonyl (C=O) groups is 3. The molecule has 0 fully saturated rings. The van der Waals surface area contributed by atoms with Gasteiger partial charge in [0.25, 0.3) is 11.8 Å². The van der Waals surface area contributed by atoms with Crippen LogP contribution in [-0.4, -0.2) is 52.1 Å². The van der Waals surface area contributed by atoms with Crippen LogP contribution in [-0.2, 0) is 20.3 Å². The molecule has 1 aromatic rings. The number of rotatable bonds is 5. The molecule has 1 heterocycles. The number of nitrogens with zero attached hydrogens (tertiary/aromatic N) is 1. The Kier molecular flexibility index (Phi) is 4.52. The van der Waals surface area contributed by atoms with Gasteiger partial charge >= 0.3 is 5.97 Å². The molecular formula is C14H15NO5S. The van der Waals surface area contributed by atoms with Gasteiger partial charge in [-0.1, -0.05) is 12.1 Å². The van der Waals surface area contributed by atoms with Crippen LogP contribution in [0.25, 0.3) is 0 Å². The summed E-state index contributed by atoms with van der Waals surface area (Å²) in [4.78, 5) is 37.5. The highest BCUT2D eigenvalue weighted by molar-refractivity contribution is 7.84. The van der Waals surface area contributed by atoms with Crippen molar-refractivity contribution in [1.82, 2.24) is 4.90 Å². The molecule has 0 N–H and O–H groups in total. The summed E-state index contributed by atoms with van der Waals surface area (Å²) in [5.74, 6) is -1.52. The number of hydrogen-bond acceptors (Lipinski definition) is 5. The monoisotopic (exact) mass is 309 g/mol. The topological polar surface area (TPSA) is 80.8 Å². The van der Waals surface area contributed by atoms with Gasteiger partial charge in [0.2, 0.25) is 0 Å². The van der Waals surface area contributed by atoms with Crippen LogP contribution in [0.4, 0.5) is 0 Å². The predicted octanol–water partition coefficient (Wildman–Crippen LogP) is 0.593. The number of amides is 2. The van der Waals surface area contributed by atoms with E-state index in [1.807, 2.05) is 0 Å². The Labute approximate surface area is 124 Å². The molecule has 1 aliphatic heterocycles. The Bertz CT molecular complexity index is 593. The minimum absolute atomic E-state index is 0.112. The molecule has 0 saturated carbocycles. The van der Waals surface area contributed by atoms with Crippen molar-refractivity contribution in [2.45, 2.75) is 12.5 Å². The molecule has 2 atom stereocenters. The summed E-state index contributed by atoms with van der Waals surface area (Å²) in [6.45, 7) is 0. The van der Waals surface area contributed by atoms with E-state index in [2.05, 4.69) is 4.74 Å². The first kappa shape index (κ1) is 15.4. The molecular weight excluding hydrogens is 294 g/mol. The molecule has 0 aromatic heterocycles. The molecule has 1 aromatic carbocycles. The summed E-state index contributed by atoms with van der Waals surface area (Å²) >= 11 is 0. The normalized spacial score (nSPS) is 16.6. The lowest BCUT2D eigenvalue weighted by molar-refractivity contribution is -0.145. The summed E-state index contributed by atoms with van der Waals surface area (Å²) in [5, 5.41) is 0. The van der Waals surface area contributed by atoms with Crippen LogP contribution in [0.1, 0.15) is 27.1 Å². The molecule has 21 heavy (non-hydrogen) atoms. The van der Waals surface area contributed by atoms with E-state index >= 15 is 0 Å². The quantitative estimate of drug-likeness (QED) is 0.587. The van der Waals surface area contributed by atoms with E-state index in [0.717, 1.165) is 4.90 Å². The Morgan fingerprint density at radius 2 is 1.76 bits per heavy atom. The third kappa shape index (κ3) is 2.87. The van der Waals surface area contributed by atoms with Gasteiger partial charge in [-0.15, -0.1) is 0 Å². The standard InChI is InChI=1S/C14H15NO5S/c1-20-14(18)11(7-8-21(2)19)15-12(16)9-5-3-4-6-10(9)13(15)17/h3-6,11H,7-8H2,1-2H3. The van der Waals surface area contributed by atoms with Crippen LogP contribution in [0.5, 0.6) is 0 Å². The Hall–Kier alpha value is -2.02. The van der Waals surface area contributed by atoms with Crippen molar-refractivity contribution in [1.29, 1.82) is 0 Å². The lowest BCUT2D eigenvalue weighted by Gasteiger charge is -2.23. The van der Waals surface area contributed by atoms with Crippen molar-refractivity contribution in [2.24, 2.45) is 0 Å². The van der Waals surface area contributed by atoms with Crippen LogP contribution in [0, 0.1) is 0 Å². The number of imide groups is 1. The fraction of sp³-hybridized carbons (Fsp3) is 0.357. The van der Waals surface area contributed by atoms with Gasteiger partial charge in [0, 0.05) is 22.8 Å². The van der Waals surface area contributed by atoms with Crippen molar-refractivity contribution in [3.8, 4) is 0 Å². The zero-order chi connectivity index (χ0) is 15.6. The molecule has 1 aliphatic rings. The van der Waals surface area contributed by atoms with E-state index in [4.69, 9.17) is 0 Å². The van der Waals surface area contributed by atoms with Gasteiger partial charge in [-0.25, -0.2) is 4.79 Å². The summed E-state index contributed by atoms with van der Waals surface area (Å²) in [7, 11) is 0.0563. The molecule has 2 rings (SSSR count). The minimum Gasteiger partial charge on any atom is -0.467 e. The second kappa shape index (κ2) is 6.17. The van der Waals surface area contributed by atoms with E-state index in [1.165, 1.54) is 13.4 Å². The van der Waals surface area contributed by atoms with Crippen molar-refractivity contribution >= 4 is 28.6 Å². The smallest absolute Gasteiger partial charge is 0.329 e. The second-order valence-electron chi connectivity index (χ2n) is 4.63. The van der Waals surface area contributed by atoms with Crippen LogP contribution in [0.15, 0.2) is 24.3 Å². The predicted molar refractivity (Wildman–Crippen MR) is 76.3 cm³/mol. The maximum absolute atomic E-state index is 12.3. The van der Waals surface area contributed by atoms with E-state index < -0.39 is 34.6 Å². The van der Waals surface area contributed by atoms with Crippen LogP contribution < -0.4 is 0 Å². The third-order valence-electron chi connectivity index (χ3n) is 3.29. The maximum Gasteiger partial charge on any atom is 0.329 e. The lowest BCUT2D eigenvalue weighted by Crippen LogP contribution is -2.46. The zero-order valence-corrected chi connectivity index (χ0v) is 12.5. The summed E-state index contributed by atoms with van der Waals surface area (Å²) < 4.78 is 15.9. The Morgan fingerprint density at radius 3 is 2.19 bits per heavy atom. The fourth-order valence-corrected chi connectivity index (χ4v) is 2.81. The first-order valence-electron chi connectivity index (χ1n) is 6.32. The Morgan fingerprint density at radius 1 is 1.24 bits per heavy atom. The largest absolute Gasteiger partial charge is 0.467 e. The first-order chi connectivity index (χ1) is 9.97.